The molecule has 0 fully saturated rings. The van der Waals surface area contributed by atoms with Crippen molar-refractivity contribution in [1.29, 1.82) is 0 Å². The number of hydrogen-bond donors (Lipinski definition) is 2. The molecule has 0 radical (unpaired) electrons. The Hall–Kier alpha value is -1.81. The van der Waals surface area contributed by atoms with Gasteiger partial charge in [-0.3, -0.25) is 4.79 Å². The van der Waals surface area contributed by atoms with E-state index in [1.165, 1.54) is 0 Å². The fraction of sp³-hybridized carbons (Fsp3) is 0.308. The Kier molecular flexibility index (Phi) is 2.19. The van der Waals surface area contributed by atoms with Gasteiger partial charge in [0.15, 0.2) is 0 Å². The summed E-state index contributed by atoms with van der Waals surface area (Å²) in [6, 6.07) is 5.82. The second kappa shape index (κ2) is 3.60. The molecule has 2 aliphatic heterocycles. The third-order valence-corrected chi connectivity index (χ3v) is 3.49. The molecule has 0 spiro atoms. The quantitative estimate of drug-likeness (QED) is 0.763. The van der Waals surface area contributed by atoms with Gasteiger partial charge in [-0.15, -0.1) is 0 Å². The van der Waals surface area contributed by atoms with Crippen LogP contribution in [0.15, 0.2) is 30.5 Å². The molecule has 1 aromatic rings. The number of aliphatic hydroxyl groups excluding tert-OH is 1. The summed E-state index contributed by atoms with van der Waals surface area (Å²) in [6.45, 7) is -0.00860. The Morgan fingerprint density at radius 2 is 2.29 bits per heavy atom. The smallest absolute Gasteiger partial charge is 0.233 e. The number of nitrogens with one attached hydrogen (secondary N) is 1. The van der Waals surface area contributed by atoms with Crippen LogP contribution < -0.4 is 5.32 Å². The molecule has 2 atom stereocenters. The van der Waals surface area contributed by atoms with Crippen LogP contribution in [0.3, 0.4) is 0 Å². The highest BCUT2D eigenvalue weighted by atomic mass is 16.3. The molecule has 2 unspecified atom stereocenters. The number of fused-ring (bicyclic) bond motifs is 3. The summed E-state index contributed by atoms with van der Waals surface area (Å²) in [5.41, 5.74) is 2.74. The highest BCUT2D eigenvalue weighted by molar-refractivity contribution is 5.98. The number of anilines is 1. The van der Waals surface area contributed by atoms with Gasteiger partial charge in [-0.05, 0) is 23.4 Å². The highest BCUT2D eigenvalue weighted by Gasteiger charge is 2.38. The van der Waals surface area contributed by atoms with E-state index in [-0.39, 0.29) is 24.5 Å². The van der Waals surface area contributed by atoms with Gasteiger partial charge in [0.05, 0.1) is 18.6 Å². The molecule has 2 heterocycles. The van der Waals surface area contributed by atoms with Crippen molar-refractivity contribution in [2.75, 3.05) is 12.4 Å². The average molecular weight is 230 g/mol. The molecule has 4 nitrogen and oxygen atoms in total. The molecule has 1 amide bonds. The fourth-order valence-corrected chi connectivity index (χ4v) is 2.61. The monoisotopic (exact) mass is 230 g/mol. The van der Waals surface area contributed by atoms with Crippen molar-refractivity contribution >= 4 is 11.6 Å². The average Bonchev–Trinajstić information content (AvgIpc) is 2.72. The Bertz CT molecular complexity index is 510. The second-order valence-electron chi connectivity index (χ2n) is 4.55. The van der Waals surface area contributed by atoms with Crippen LogP contribution in [-0.4, -0.2) is 23.0 Å². The molecular formula is C13H14N2O2. The first-order valence-corrected chi connectivity index (χ1v) is 5.65. The van der Waals surface area contributed by atoms with Crippen LogP contribution in [0.4, 0.5) is 5.69 Å². The van der Waals surface area contributed by atoms with Crippen LogP contribution >= 0.6 is 0 Å². The zero-order valence-electron chi connectivity index (χ0n) is 9.55. The topological polar surface area (TPSA) is 52.6 Å². The van der Waals surface area contributed by atoms with E-state index in [0.29, 0.717) is 0 Å². The number of rotatable bonds is 1. The minimum Gasteiger partial charge on any atom is -0.392 e. The molecule has 0 bridgehead atoms. The number of carbonyl (C=O) groups excluding carboxylic acids is 1. The first-order valence-electron chi connectivity index (χ1n) is 5.65. The maximum atomic E-state index is 11.9. The van der Waals surface area contributed by atoms with Crippen LogP contribution in [0.5, 0.6) is 0 Å². The Morgan fingerprint density at radius 1 is 1.47 bits per heavy atom. The van der Waals surface area contributed by atoms with Gasteiger partial charge in [-0.2, -0.15) is 0 Å². The summed E-state index contributed by atoms with van der Waals surface area (Å²) in [7, 11) is 1.98. The molecule has 2 N–H and O–H groups in total. The number of amides is 1. The summed E-state index contributed by atoms with van der Waals surface area (Å²) in [5.74, 6) is -0.0781. The Balaban J connectivity index is 2.09. The fourth-order valence-electron chi connectivity index (χ4n) is 2.61. The van der Waals surface area contributed by atoms with Gasteiger partial charge in [0.1, 0.15) is 0 Å². The maximum absolute atomic E-state index is 11.9. The normalized spacial score (nSPS) is 25.5. The van der Waals surface area contributed by atoms with Crippen LogP contribution in [0.1, 0.15) is 17.2 Å². The Labute approximate surface area is 99.6 Å². The van der Waals surface area contributed by atoms with Crippen molar-refractivity contribution in [2.45, 2.75) is 12.6 Å². The summed E-state index contributed by atoms with van der Waals surface area (Å²) in [5, 5.41) is 12.0. The van der Waals surface area contributed by atoms with Gasteiger partial charge in [-0.1, -0.05) is 18.2 Å². The summed E-state index contributed by atoms with van der Waals surface area (Å²) in [4.78, 5) is 14.0. The lowest BCUT2D eigenvalue weighted by atomic mass is 9.88. The van der Waals surface area contributed by atoms with E-state index in [2.05, 4.69) is 10.2 Å². The third-order valence-electron chi connectivity index (χ3n) is 3.49. The van der Waals surface area contributed by atoms with Gasteiger partial charge in [0.25, 0.3) is 0 Å². The van der Waals surface area contributed by atoms with E-state index in [1.807, 2.05) is 37.5 Å². The van der Waals surface area contributed by atoms with E-state index in [1.54, 1.807) is 0 Å². The summed E-state index contributed by atoms with van der Waals surface area (Å²) >= 11 is 0. The third kappa shape index (κ3) is 1.45. The van der Waals surface area contributed by atoms with Crippen LogP contribution in [0.2, 0.25) is 0 Å². The van der Waals surface area contributed by atoms with E-state index in [0.717, 1.165) is 16.8 Å². The van der Waals surface area contributed by atoms with Crippen molar-refractivity contribution in [3.8, 4) is 0 Å². The van der Waals surface area contributed by atoms with Crippen LogP contribution in [-0.2, 0) is 11.4 Å². The van der Waals surface area contributed by atoms with Gasteiger partial charge < -0.3 is 15.3 Å². The molecule has 0 aliphatic carbocycles. The molecule has 88 valence electrons. The molecule has 0 aromatic heterocycles. The summed E-state index contributed by atoms with van der Waals surface area (Å²) in [6.07, 6.45) is 3.88. The van der Waals surface area contributed by atoms with Crippen molar-refractivity contribution in [2.24, 2.45) is 5.92 Å². The van der Waals surface area contributed by atoms with Gasteiger partial charge >= 0.3 is 0 Å². The second-order valence-corrected chi connectivity index (χ2v) is 4.55. The number of carbonyl (C=O) groups is 1. The molecule has 0 saturated carbocycles. The van der Waals surface area contributed by atoms with Crippen molar-refractivity contribution in [1.82, 2.24) is 4.90 Å². The lowest BCUT2D eigenvalue weighted by Crippen LogP contribution is -2.35. The molecule has 1 aromatic carbocycles. The molecule has 3 rings (SSSR count). The SMILES string of the molecule is CN1C=CC2C(=O)Nc3cc(CO)ccc3C21. The molecule has 17 heavy (non-hydrogen) atoms. The van der Waals surface area contributed by atoms with Crippen LogP contribution in [0.25, 0.3) is 0 Å². The lowest BCUT2D eigenvalue weighted by molar-refractivity contribution is -0.120. The predicted octanol–water partition coefficient (Wildman–Crippen LogP) is 1.25. The number of aliphatic hydroxyl groups is 1. The zero-order chi connectivity index (χ0) is 12.0. The summed E-state index contributed by atoms with van der Waals surface area (Å²) < 4.78 is 0. The molecular weight excluding hydrogens is 216 g/mol. The highest BCUT2D eigenvalue weighted by Crippen LogP contribution is 2.42. The van der Waals surface area contributed by atoms with E-state index in [4.69, 9.17) is 5.11 Å². The van der Waals surface area contributed by atoms with Crippen LogP contribution in [0, 0.1) is 5.92 Å². The standard InChI is InChI=1S/C13H14N2O2/c1-15-5-4-10-12(15)9-3-2-8(7-16)6-11(9)14-13(10)17/h2-6,10,12,16H,7H2,1H3,(H,14,17). The van der Waals surface area contributed by atoms with Gasteiger partial charge in [-0.25, -0.2) is 0 Å². The predicted molar refractivity (Wildman–Crippen MR) is 64.1 cm³/mol. The maximum Gasteiger partial charge on any atom is 0.233 e. The molecule has 2 aliphatic rings. The molecule has 4 heteroatoms. The first kappa shape index (κ1) is 10.4. The zero-order valence-corrected chi connectivity index (χ0v) is 9.55. The van der Waals surface area contributed by atoms with Crippen molar-refractivity contribution < 1.29 is 9.90 Å². The Morgan fingerprint density at radius 3 is 3.06 bits per heavy atom. The minimum absolute atomic E-state index is 0.00860. The largest absolute Gasteiger partial charge is 0.392 e. The number of hydrogen-bond acceptors (Lipinski definition) is 3. The lowest BCUT2D eigenvalue weighted by Gasteiger charge is -2.32. The van der Waals surface area contributed by atoms with E-state index in [9.17, 15) is 4.79 Å². The number of benzene rings is 1. The van der Waals surface area contributed by atoms with Crippen molar-refractivity contribution in [3.05, 3.63) is 41.6 Å². The van der Waals surface area contributed by atoms with E-state index >= 15 is 0 Å². The number of nitrogens with zero attached hydrogens (tertiary/aromatic N) is 1. The van der Waals surface area contributed by atoms with Gasteiger partial charge in [0.2, 0.25) is 5.91 Å². The minimum atomic E-state index is -0.104. The van der Waals surface area contributed by atoms with Gasteiger partial charge in [0, 0.05) is 12.7 Å². The van der Waals surface area contributed by atoms with Crippen molar-refractivity contribution in [3.63, 3.8) is 0 Å². The first-order chi connectivity index (χ1) is 8.20. The van der Waals surface area contributed by atoms with E-state index < -0.39 is 0 Å². The molecule has 0 saturated heterocycles.